The molecular weight excluding hydrogens is 220 g/mol. The van der Waals surface area contributed by atoms with Crippen LogP contribution in [0.1, 0.15) is 18.6 Å². The maximum atomic E-state index is 5.72. The van der Waals surface area contributed by atoms with Gasteiger partial charge in [0.25, 0.3) is 0 Å². The fraction of sp³-hybridized carbons (Fsp3) is 0.667. The van der Waals surface area contributed by atoms with Crippen LogP contribution in [0.15, 0.2) is 22.8 Å². The van der Waals surface area contributed by atoms with Crippen LogP contribution >= 0.6 is 0 Å². The van der Waals surface area contributed by atoms with Gasteiger partial charge < -0.3 is 13.9 Å². The number of methoxy groups -OCH3 is 1. The van der Waals surface area contributed by atoms with Gasteiger partial charge >= 0.3 is 0 Å². The van der Waals surface area contributed by atoms with E-state index < -0.39 is 0 Å². The summed E-state index contributed by atoms with van der Waals surface area (Å²) in [6, 6.07) is 3.86. The maximum absolute atomic E-state index is 5.72. The molecule has 0 radical (unpaired) electrons. The molecule has 1 fully saturated rings. The second-order valence-electron chi connectivity index (χ2n) is 4.38. The highest BCUT2D eigenvalue weighted by molar-refractivity contribution is 5.05. The molecule has 0 amide bonds. The summed E-state index contributed by atoms with van der Waals surface area (Å²) in [5, 5.41) is 0. The summed E-state index contributed by atoms with van der Waals surface area (Å²) in [7, 11) is 1.73. The minimum absolute atomic E-state index is 0.0301. The molecule has 1 unspecified atom stereocenters. The molecule has 1 aliphatic heterocycles. The lowest BCUT2D eigenvalue weighted by molar-refractivity contribution is -0.111. The Morgan fingerprint density at radius 1 is 1.53 bits per heavy atom. The van der Waals surface area contributed by atoms with Crippen molar-refractivity contribution in [2.45, 2.75) is 30.9 Å². The second kappa shape index (κ2) is 5.64. The van der Waals surface area contributed by atoms with Gasteiger partial charge in [-0.25, -0.2) is 0 Å². The van der Waals surface area contributed by atoms with E-state index in [0.717, 1.165) is 25.0 Å². The molecule has 3 N–H and O–H groups in total. The molecule has 0 aliphatic carbocycles. The third-order valence-corrected chi connectivity index (χ3v) is 3.57. The molecule has 17 heavy (non-hydrogen) atoms. The molecule has 1 aromatic heterocycles. The zero-order valence-electron chi connectivity index (χ0n) is 10.1. The SMILES string of the molecule is COC1(C(Cc2ccco2)NN)CCOCC1. The topological polar surface area (TPSA) is 69.7 Å². The van der Waals surface area contributed by atoms with Crippen LogP contribution in [0.25, 0.3) is 0 Å². The third-order valence-electron chi connectivity index (χ3n) is 3.57. The minimum atomic E-state index is -0.264. The Kier molecular flexibility index (Phi) is 4.17. The zero-order valence-corrected chi connectivity index (χ0v) is 10.1. The largest absolute Gasteiger partial charge is 0.469 e. The van der Waals surface area contributed by atoms with Crippen molar-refractivity contribution in [3.05, 3.63) is 24.2 Å². The molecule has 0 spiro atoms. The summed E-state index contributed by atoms with van der Waals surface area (Å²) >= 11 is 0. The molecule has 1 atom stereocenters. The van der Waals surface area contributed by atoms with E-state index in [0.29, 0.717) is 13.2 Å². The zero-order chi connectivity index (χ0) is 12.1. The number of nitrogens with two attached hydrogens (primary N) is 1. The molecular formula is C12H20N2O3. The van der Waals surface area contributed by atoms with Crippen LogP contribution in [-0.2, 0) is 15.9 Å². The van der Waals surface area contributed by atoms with Gasteiger partial charge in [-0.05, 0) is 12.1 Å². The number of hydrogen-bond acceptors (Lipinski definition) is 5. The van der Waals surface area contributed by atoms with E-state index in [1.54, 1.807) is 13.4 Å². The van der Waals surface area contributed by atoms with Crippen molar-refractivity contribution in [3.63, 3.8) is 0 Å². The van der Waals surface area contributed by atoms with Crippen molar-refractivity contribution in [2.75, 3.05) is 20.3 Å². The van der Waals surface area contributed by atoms with E-state index in [1.165, 1.54) is 0 Å². The van der Waals surface area contributed by atoms with E-state index in [1.807, 2.05) is 12.1 Å². The van der Waals surface area contributed by atoms with Gasteiger partial charge in [0.15, 0.2) is 0 Å². The molecule has 0 saturated carbocycles. The first-order chi connectivity index (χ1) is 8.30. The fourth-order valence-corrected chi connectivity index (χ4v) is 2.44. The molecule has 2 rings (SSSR count). The number of hydrazine groups is 1. The Morgan fingerprint density at radius 2 is 2.29 bits per heavy atom. The van der Waals surface area contributed by atoms with Gasteiger partial charge in [0.2, 0.25) is 0 Å². The van der Waals surface area contributed by atoms with Gasteiger partial charge in [-0.3, -0.25) is 11.3 Å². The molecule has 0 aromatic carbocycles. The van der Waals surface area contributed by atoms with E-state index in [-0.39, 0.29) is 11.6 Å². The third kappa shape index (κ3) is 2.69. The average Bonchev–Trinajstić information content (AvgIpc) is 2.89. The molecule has 2 heterocycles. The summed E-state index contributed by atoms with van der Waals surface area (Å²) in [5.41, 5.74) is 2.60. The Hall–Kier alpha value is -0.880. The molecule has 0 bridgehead atoms. The summed E-state index contributed by atoms with van der Waals surface area (Å²) in [4.78, 5) is 0. The van der Waals surface area contributed by atoms with Crippen molar-refractivity contribution >= 4 is 0 Å². The molecule has 1 aromatic rings. The van der Waals surface area contributed by atoms with Crippen LogP contribution in [0, 0.1) is 0 Å². The van der Waals surface area contributed by atoms with Gasteiger partial charge in [-0.1, -0.05) is 0 Å². The first kappa shape index (κ1) is 12.6. The van der Waals surface area contributed by atoms with Gasteiger partial charge in [0.1, 0.15) is 5.76 Å². The van der Waals surface area contributed by atoms with Gasteiger partial charge in [0.05, 0.1) is 17.9 Å². The van der Waals surface area contributed by atoms with Crippen LogP contribution in [0.2, 0.25) is 0 Å². The van der Waals surface area contributed by atoms with Gasteiger partial charge in [-0.15, -0.1) is 0 Å². The Bertz CT molecular complexity index is 321. The van der Waals surface area contributed by atoms with Crippen molar-refractivity contribution in [2.24, 2.45) is 5.84 Å². The van der Waals surface area contributed by atoms with E-state index in [2.05, 4.69) is 5.43 Å². The van der Waals surface area contributed by atoms with Crippen LogP contribution in [0.3, 0.4) is 0 Å². The molecule has 1 aliphatic rings. The maximum Gasteiger partial charge on any atom is 0.105 e. The highest BCUT2D eigenvalue weighted by Crippen LogP contribution is 2.29. The number of rotatable bonds is 5. The number of nitrogens with one attached hydrogen (secondary N) is 1. The summed E-state index contributed by atoms with van der Waals surface area (Å²) in [6.45, 7) is 1.42. The summed E-state index contributed by atoms with van der Waals surface area (Å²) in [6.07, 6.45) is 4.09. The predicted molar refractivity (Wildman–Crippen MR) is 63.3 cm³/mol. The lowest BCUT2D eigenvalue weighted by Crippen LogP contribution is -2.58. The predicted octanol–water partition coefficient (Wildman–Crippen LogP) is 0.850. The number of hydrogen-bond donors (Lipinski definition) is 2. The van der Waals surface area contributed by atoms with Crippen LogP contribution < -0.4 is 11.3 Å². The van der Waals surface area contributed by atoms with Crippen molar-refractivity contribution in [3.8, 4) is 0 Å². The Morgan fingerprint density at radius 3 is 2.82 bits per heavy atom. The normalized spacial score (nSPS) is 21.3. The summed E-state index contributed by atoms with van der Waals surface area (Å²) in [5.74, 6) is 6.58. The Balaban J connectivity index is 2.09. The minimum Gasteiger partial charge on any atom is -0.469 e. The van der Waals surface area contributed by atoms with E-state index in [9.17, 15) is 0 Å². The van der Waals surface area contributed by atoms with Crippen molar-refractivity contribution in [1.29, 1.82) is 0 Å². The van der Waals surface area contributed by atoms with Crippen LogP contribution in [-0.4, -0.2) is 32.0 Å². The monoisotopic (exact) mass is 240 g/mol. The number of furan rings is 1. The lowest BCUT2D eigenvalue weighted by Gasteiger charge is -2.41. The second-order valence-corrected chi connectivity index (χ2v) is 4.38. The molecule has 96 valence electrons. The fourth-order valence-electron chi connectivity index (χ4n) is 2.44. The molecule has 5 nitrogen and oxygen atoms in total. The molecule has 5 heteroatoms. The van der Waals surface area contributed by atoms with Crippen molar-refractivity contribution in [1.82, 2.24) is 5.43 Å². The Labute approximate surface area is 101 Å². The average molecular weight is 240 g/mol. The van der Waals surface area contributed by atoms with E-state index >= 15 is 0 Å². The highest BCUT2D eigenvalue weighted by atomic mass is 16.5. The van der Waals surface area contributed by atoms with Gasteiger partial charge in [0, 0.05) is 39.6 Å². The lowest BCUT2D eigenvalue weighted by atomic mass is 9.84. The quantitative estimate of drug-likeness (QED) is 0.590. The highest BCUT2D eigenvalue weighted by Gasteiger charge is 2.40. The van der Waals surface area contributed by atoms with Gasteiger partial charge in [-0.2, -0.15) is 0 Å². The smallest absolute Gasteiger partial charge is 0.105 e. The number of ether oxygens (including phenoxy) is 2. The first-order valence-corrected chi connectivity index (χ1v) is 5.92. The standard InChI is InChI=1S/C12H20N2O3/c1-15-12(4-7-16-8-5-12)11(14-13)9-10-3-2-6-17-10/h2-3,6,11,14H,4-5,7-9,13H2,1H3. The summed E-state index contributed by atoms with van der Waals surface area (Å²) < 4.78 is 16.5. The van der Waals surface area contributed by atoms with E-state index in [4.69, 9.17) is 19.7 Å². The van der Waals surface area contributed by atoms with Crippen molar-refractivity contribution < 1.29 is 13.9 Å². The molecule has 1 saturated heterocycles. The first-order valence-electron chi connectivity index (χ1n) is 5.92. The van der Waals surface area contributed by atoms with Crippen LogP contribution in [0.4, 0.5) is 0 Å². The van der Waals surface area contributed by atoms with Crippen LogP contribution in [0.5, 0.6) is 0 Å².